The van der Waals surface area contributed by atoms with E-state index in [0.717, 1.165) is 30.2 Å². The van der Waals surface area contributed by atoms with Crippen molar-refractivity contribution in [2.45, 2.75) is 38.8 Å². The number of aryl methyl sites for hydroxylation is 1. The molecule has 1 saturated heterocycles. The fraction of sp³-hybridized carbons (Fsp3) is 0.375. The van der Waals surface area contributed by atoms with Crippen LogP contribution >= 0.6 is 0 Å². The molecule has 168 valence electrons. The van der Waals surface area contributed by atoms with Gasteiger partial charge in [-0.2, -0.15) is 0 Å². The highest BCUT2D eigenvalue weighted by molar-refractivity contribution is 5.60. The summed E-state index contributed by atoms with van der Waals surface area (Å²) in [5, 5.41) is 0. The number of pyridine rings is 1. The molecule has 2 aliphatic rings. The Labute approximate surface area is 185 Å². The molecule has 0 saturated carbocycles. The number of rotatable bonds is 2. The van der Waals surface area contributed by atoms with Crippen LogP contribution in [0.2, 0.25) is 0 Å². The Kier molecular flexibility index (Phi) is 6.32. The second-order valence-electron chi connectivity index (χ2n) is 7.63. The summed E-state index contributed by atoms with van der Waals surface area (Å²) in [5.74, 6) is -0.381. The van der Waals surface area contributed by atoms with E-state index in [-0.39, 0.29) is 34.8 Å². The van der Waals surface area contributed by atoms with Crippen LogP contribution < -0.4 is 10.5 Å². The molecule has 8 heteroatoms. The monoisotopic (exact) mass is 440 g/mol. The quantitative estimate of drug-likeness (QED) is 0.602. The fourth-order valence-corrected chi connectivity index (χ4v) is 4.44. The van der Waals surface area contributed by atoms with Gasteiger partial charge in [-0.05, 0) is 42.2 Å². The Morgan fingerprint density at radius 2 is 1.97 bits per heavy atom. The lowest BCUT2D eigenvalue weighted by atomic mass is 9.84. The number of morpholine rings is 1. The molecule has 3 aromatic rings. The van der Waals surface area contributed by atoms with Crippen molar-refractivity contribution in [3.63, 3.8) is 0 Å². The lowest BCUT2D eigenvalue weighted by Crippen LogP contribution is -2.51. The molecule has 5 rings (SSSR count). The first-order valence-corrected chi connectivity index (χ1v) is 10.9. The summed E-state index contributed by atoms with van der Waals surface area (Å²) in [6, 6.07) is 7.55. The smallest absolute Gasteiger partial charge is 0.255 e. The number of nitrogens with zero attached hydrogens (tertiary/aromatic N) is 4. The van der Waals surface area contributed by atoms with Crippen molar-refractivity contribution in [2.24, 2.45) is 7.05 Å². The highest BCUT2D eigenvalue weighted by Crippen LogP contribution is 2.39. The maximum atomic E-state index is 14.3. The van der Waals surface area contributed by atoms with Gasteiger partial charge in [0.2, 0.25) is 5.95 Å². The third-order valence-corrected chi connectivity index (χ3v) is 5.92. The van der Waals surface area contributed by atoms with Gasteiger partial charge >= 0.3 is 0 Å². The fourth-order valence-electron chi connectivity index (χ4n) is 4.44. The molecule has 0 N–H and O–H groups in total. The van der Waals surface area contributed by atoms with Crippen LogP contribution in [-0.4, -0.2) is 33.7 Å². The van der Waals surface area contributed by atoms with Crippen molar-refractivity contribution < 1.29 is 13.5 Å². The van der Waals surface area contributed by atoms with Gasteiger partial charge in [0.1, 0.15) is 11.9 Å². The van der Waals surface area contributed by atoms with E-state index >= 15 is 0 Å². The molecular weight excluding hydrogens is 414 g/mol. The second-order valence-corrected chi connectivity index (χ2v) is 7.63. The minimum Gasteiger partial charge on any atom is -0.370 e. The number of hydrogen-bond acceptors (Lipinski definition) is 5. The Morgan fingerprint density at radius 3 is 2.75 bits per heavy atom. The highest BCUT2D eigenvalue weighted by atomic mass is 19.1. The van der Waals surface area contributed by atoms with Gasteiger partial charge in [0, 0.05) is 31.4 Å². The first kappa shape index (κ1) is 22.1. The summed E-state index contributed by atoms with van der Waals surface area (Å²) in [7, 11) is 1.65. The topological polar surface area (TPSA) is 60.2 Å². The Bertz CT molecular complexity index is 1180. The summed E-state index contributed by atoms with van der Waals surface area (Å²) in [4.78, 5) is 23.1. The molecule has 1 aromatic carbocycles. The summed E-state index contributed by atoms with van der Waals surface area (Å²) in [5.41, 5.74) is 2.13. The minimum absolute atomic E-state index is 0.0938. The normalized spacial score (nSPS) is 19.5. The van der Waals surface area contributed by atoms with Crippen LogP contribution in [0, 0.1) is 11.6 Å². The van der Waals surface area contributed by atoms with Gasteiger partial charge < -0.3 is 9.64 Å². The van der Waals surface area contributed by atoms with E-state index in [1.165, 1.54) is 35.0 Å². The number of anilines is 1. The molecule has 0 bridgehead atoms. The zero-order valence-electron chi connectivity index (χ0n) is 18.4. The van der Waals surface area contributed by atoms with Crippen molar-refractivity contribution >= 4 is 5.95 Å². The van der Waals surface area contributed by atoms with E-state index in [4.69, 9.17) is 4.74 Å². The summed E-state index contributed by atoms with van der Waals surface area (Å²) >= 11 is 0. The van der Waals surface area contributed by atoms with E-state index in [1.54, 1.807) is 7.05 Å². The maximum Gasteiger partial charge on any atom is 0.255 e. The molecule has 0 radical (unpaired) electrons. The molecule has 6 nitrogen and oxygen atoms in total. The van der Waals surface area contributed by atoms with Crippen molar-refractivity contribution in [3.05, 3.63) is 75.8 Å². The van der Waals surface area contributed by atoms with Crippen LogP contribution in [-0.2, 0) is 18.2 Å². The zero-order valence-corrected chi connectivity index (χ0v) is 18.4. The molecule has 1 fully saturated rings. The van der Waals surface area contributed by atoms with E-state index in [2.05, 4.69) is 9.97 Å². The standard InChI is InChI=1S/C22H20F2N4O2.C2H6/c1-27-20(29)11-18(15-6-7-25-12-17(15)24)26-22(27)28-8-9-30-21-16-10-14(23)4-2-13(16)3-5-19(21)28;1-2/h2,4,6-7,10-12,19,21H,3,5,8-9H2,1H3;1-2H3/t19-,21?;/m0./s1. The van der Waals surface area contributed by atoms with Crippen molar-refractivity contribution in [1.29, 1.82) is 0 Å². The van der Waals surface area contributed by atoms with Gasteiger partial charge in [-0.3, -0.25) is 14.3 Å². The average Bonchev–Trinajstić information content (AvgIpc) is 2.82. The first-order valence-electron chi connectivity index (χ1n) is 10.9. The van der Waals surface area contributed by atoms with Crippen LogP contribution in [0.25, 0.3) is 11.3 Å². The summed E-state index contributed by atoms with van der Waals surface area (Å²) in [6.45, 7) is 4.95. The number of aromatic nitrogens is 3. The summed E-state index contributed by atoms with van der Waals surface area (Å²) < 4.78 is 35.7. The van der Waals surface area contributed by atoms with Crippen LogP contribution in [0.15, 0.2) is 47.5 Å². The van der Waals surface area contributed by atoms with E-state index in [9.17, 15) is 13.6 Å². The van der Waals surface area contributed by atoms with Gasteiger partial charge in [0.05, 0.1) is 24.5 Å². The molecule has 1 aliphatic heterocycles. The van der Waals surface area contributed by atoms with E-state index in [1.807, 2.05) is 24.8 Å². The second kappa shape index (κ2) is 9.16. The molecule has 1 unspecified atom stereocenters. The van der Waals surface area contributed by atoms with Crippen molar-refractivity contribution in [1.82, 2.24) is 14.5 Å². The van der Waals surface area contributed by atoms with Gasteiger partial charge in [0.25, 0.3) is 5.56 Å². The van der Waals surface area contributed by atoms with Crippen molar-refractivity contribution in [2.75, 3.05) is 18.1 Å². The predicted octanol–water partition coefficient (Wildman–Crippen LogP) is 4.04. The number of hydrogen-bond donors (Lipinski definition) is 0. The zero-order chi connectivity index (χ0) is 22.8. The largest absolute Gasteiger partial charge is 0.370 e. The average molecular weight is 440 g/mol. The molecular formula is C24H26F2N4O2. The van der Waals surface area contributed by atoms with Crippen LogP contribution in [0.1, 0.15) is 37.5 Å². The Hall–Kier alpha value is -3.13. The van der Waals surface area contributed by atoms with Crippen LogP contribution in [0.5, 0.6) is 0 Å². The van der Waals surface area contributed by atoms with Gasteiger partial charge in [-0.15, -0.1) is 0 Å². The third-order valence-electron chi connectivity index (χ3n) is 5.92. The van der Waals surface area contributed by atoms with Gasteiger partial charge in [0.15, 0.2) is 5.82 Å². The SMILES string of the molecule is CC.Cn1c(N2CCOC3c4cc(F)ccc4CC[C@@H]32)nc(-c2ccncc2F)cc1=O. The van der Waals surface area contributed by atoms with Gasteiger partial charge in [-0.1, -0.05) is 19.9 Å². The molecule has 1 aliphatic carbocycles. The number of fused-ring (bicyclic) bond motifs is 3. The highest BCUT2D eigenvalue weighted by Gasteiger charge is 2.39. The van der Waals surface area contributed by atoms with Crippen molar-refractivity contribution in [3.8, 4) is 11.3 Å². The summed E-state index contributed by atoms with van der Waals surface area (Å²) in [6.07, 6.45) is 3.83. The maximum absolute atomic E-state index is 14.3. The third kappa shape index (κ3) is 3.90. The lowest BCUT2D eigenvalue weighted by molar-refractivity contribution is 0.00157. The lowest BCUT2D eigenvalue weighted by Gasteiger charge is -2.45. The predicted molar refractivity (Wildman–Crippen MR) is 119 cm³/mol. The number of halogens is 2. The molecule has 32 heavy (non-hydrogen) atoms. The molecule has 3 heterocycles. The molecule has 0 spiro atoms. The molecule has 2 atom stereocenters. The Balaban J connectivity index is 0.00000119. The van der Waals surface area contributed by atoms with Gasteiger partial charge in [-0.25, -0.2) is 13.8 Å². The van der Waals surface area contributed by atoms with Crippen LogP contribution in [0.3, 0.4) is 0 Å². The van der Waals surface area contributed by atoms with Crippen LogP contribution in [0.4, 0.5) is 14.7 Å². The number of benzene rings is 1. The number of ether oxygens (including phenoxy) is 1. The van der Waals surface area contributed by atoms with E-state index in [0.29, 0.717) is 19.1 Å². The van der Waals surface area contributed by atoms with E-state index < -0.39 is 5.82 Å². The molecule has 0 amide bonds. The first-order chi connectivity index (χ1) is 15.5. The minimum atomic E-state index is -0.536. The molecule has 2 aromatic heterocycles. The Morgan fingerprint density at radius 1 is 1.16 bits per heavy atom.